The van der Waals surface area contributed by atoms with E-state index in [9.17, 15) is 24.0 Å². The lowest BCUT2D eigenvalue weighted by Gasteiger charge is -2.49. The fraction of sp³-hybridized carbons (Fsp3) is 0.816. The molecule has 3 rings (SSSR count). The molecule has 0 unspecified atom stereocenters. The number of ether oxygens (including phenoxy) is 5. The summed E-state index contributed by atoms with van der Waals surface area (Å²) >= 11 is 0. The summed E-state index contributed by atoms with van der Waals surface area (Å²) in [5.41, 5.74) is -3.15. The molecular weight excluding hydrogens is 646 g/mol. The van der Waals surface area contributed by atoms with Gasteiger partial charge in [-0.1, -0.05) is 19.4 Å². The van der Waals surface area contributed by atoms with Crippen molar-refractivity contribution in [3.63, 3.8) is 0 Å². The van der Waals surface area contributed by atoms with Gasteiger partial charge < -0.3 is 23.7 Å². The standard InChI is InChI=1S/C38H61NO11/c1-14-17-22-20-25(40)23-18-15-16-19-24(23)39(22)50-30-29(49-34(44)38(11,12)13)28(48-33(43)37(8,9)10)27(47-32(42)36(5,6)7)26(46-30)21-45-31(41)35(2,3)4/h18,22,24,26-30H,14-17,19-21H2,1-13H3/t22-,24+,26+,27-,28-,29+,30-/m0/s1. The Bertz CT molecular complexity index is 1290. The lowest BCUT2D eigenvalue weighted by molar-refractivity contribution is -0.379. The number of nitrogens with zero attached hydrogens (tertiary/aromatic N) is 1. The second-order valence-corrected chi connectivity index (χ2v) is 17.9. The van der Waals surface area contributed by atoms with Gasteiger partial charge in [0.05, 0.1) is 27.7 Å². The van der Waals surface area contributed by atoms with Crippen LogP contribution in [0.2, 0.25) is 0 Å². The largest absolute Gasteiger partial charge is 0.462 e. The molecule has 12 heteroatoms. The molecule has 1 aliphatic carbocycles. The van der Waals surface area contributed by atoms with E-state index >= 15 is 0 Å². The summed E-state index contributed by atoms with van der Waals surface area (Å²) < 4.78 is 30.6. The van der Waals surface area contributed by atoms with Crippen LogP contribution in [0.1, 0.15) is 129 Å². The molecule has 0 aromatic rings. The lowest BCUT2D eigenvalue weighted by Crippen LogP contribution is -2.66. The Morgan fingerprint density at radius 1 is 0.760 bits per heavy atom. The maximum absolute atomic E-state index is 13.6. The summed E-state index contributed by atoms with van der Waals surface area (Å²) in [5.74, 6) is -2.37. The van der Waals surface area contributed by atoms with Crippen LogP contribution < -0.4 is 0 Å². The average molecular weight is 708 g/mol. The van der Waals surface area contributed by atoms with E-state index in [0.29, 0.717) is 18.4 Å². The van der Waals surface area contributed by atoms with Crippen molar-refractivity contribution in [2.24, 2.45) is 21.7 Å². The normalized spacial score (nSPS) is 28.2. The van der Waals surface area contributed by atoms with E-state index in [0.717, 1.165) is 19.3 Å². The number of hydrogen-bond acceptors (Lipinski definition) is 12. The number of carbonyl (C=O) groups excluding carboxylic acids is 5. The highest BCUT2D eigenvalue weighted by Crippen LogP contribution is 2.39. The van der Waals surface area contributed by atoms with E-state index < -0.39 is 76.2 Å². The zero-order valence-electron chi connectivity index (χ0n) is 32.5. The Labute approximate surface area is 298 Å². The SMILES string of the molecule is CCC[C@H]1CC(=O)C2=CCCC[C@H]2N1O[C@@H]1O[C@H](COC(=O)C(C)(C)C)[C@H](OC(=O)C(C)(C)C)[C@H](OC(=O)C(C)(C)C)[C@H]1OC(=O)C(C)(C)C. The Morgan fingerprint density at radius 3 is 1.76 bits per heavy atom. The van der Waals surface area contributed by atoms with Crippen LogP contribution in [0.3, 0.4) is 0 Å². The number of piperidine rings is 1. The van der Waals surface area contributed by atoms with Crippen molar-refractivity contribution in [3.8, 4) is 0 Å². The highest BCUT2D eigenvalue weighted by molar-refractivity contribution is 5.97. The second-order valence-electron chi connectivity index (χ2n) is 17.9. The minimum atomic E-state index is -1.42. The molecule has 12 nitrogen and oxygen atoms in total. The molecule has 0 spiro atoms. The predicted octanol–water partition coefficient (Wildman–Crippen LogP) is 6.03. The highest BCUT2D eigenvalue weighted by atomic mass is 16.8. The topological polar surface area (TPSA) is 144 Å². The molecule has 2 aliphatic heterocycles. The van der Waals surface area contributed by atoms with Crippen molar-refractivity contribution < 1.29 is 52.5 Å². The summed E-state index contributed by atoms with van der Waals surface area (Å²) in [6.07, 6.45) is -0.904. The van der Waals surface area contributed by atoms with Gasteiger partial charge in [-0.3, -0.25) is 28.8 Å². The number of carbonyl (C=O) groups is 5. The molecule has 50 heavy (non-hydrogen) atoms. The third-order valence-corrected chi connectivity index (χ3v) is 8.81. The van der Waals surface area contributed by atoms with Crippen molar-refractivity contribution in [3.05, 3.63) is 11.6 Å². The Kier molecular flexibility index (Phi) is 13.2. The number of hydrogen-bond donors (Lipinski definition) is 0. The first kappa shape index (κ1) is 41.6. The molecule has 0 aromatic heterocycles. The fourth-order valence-corrected chi connectivity index (χ4v) is 5.72. The molecule has 2 fully saturated rings. The van der Waals surface area contributed by atoms with Crippen molar-refractivity contribution in [1.82, 2.24) is 5.06 Å². The average Bonchev–Trinajstić information content (AvgIpc) is 2.98. The molecule has 3 aliphatic rings. The van der Waals surface area contributed by atoms with Gasteiger partial charge in [-0.05, 0) is 109 Å². The van der Waals surface area contributed by atoms with E-state index in [-0.39, 0.29) is 30.9 Å². The number of fused-ring (bicyclic) bond motifs is 1. The molecule has 2 heterocycles. The number of ketones is 1. The van der Waals surface area contributed by atoms with Gasteiger partial charge in [0.15, 0.2) is 24.1 Å². The van der Waals surface area contributed by atoms with Crippen molar-refractivity contribution in [2.45, 2.75) is 171 Å². The van der Waals surface area contributed by atoms with Gasteiger partial charge in [0.2, 0.25) is 6.29 Å². The van der Waals surface area contributed by atoms with Crippen LogP contribution in [-0.4, -0.2) is 84.1 Å². The number of allylic oxidation sites excluding steroid dienone is 1. The van der Waals surface area contributed by atoms with Gasteiger partial charge in [-0.2, -0.15) is 5.06 Å². The number of rotatable bonds is 9. The summed E-state index contributed by atoms with van der Waals surface area (Å²) in [4.78, 5) is 73.7. The van der Waals surface area contributed by atoms with E-state index in [1.165, 1.54) is 0 Å². The van der Waals surface area contributed by atoms with E-state index in [2.05, 4.69) is 0 Å². The molecule has 0 aromatic carbocycles. The first-order chi connectivity index (χ1) is 22.9. The summed E-state index contributed by atoms with van der Waals surface area (Å²) in [6.45, 7) is 21.9. The van der Waals surface area contributed by atoms with E-state index in [4.69, 9.17) is 28.5 Å². The molecule has 0 N–H and O–H groups in total. The third kappa shape index (κ3) is 10.4. The first-order valence-electron chi connectivity index (χ1n) is 18.0. The second kappa shape index (κ2) is 15.8. The van der Waals surface area contributed by atoms with Crippen LogP contribution in [0, 0.1) is 21.7 Å². The third-order valence-electron chi connectivity index (χ3n) is 8.81. The Hall–Kier alpha value is -2.83. The maximum Gasteiger partial charge on any atom is 0.311 e. The van der Waals surface area contributed by atoms with Crippen molar-refractivity contribution in [2.75, 3.05) is 6.61 Å². The molecule has 2 saturated heterocycles. The first-order valence-corrected chi connectivity index (χ1v) is 18.0. The van der Waals surface area contributed by atoms with Gasteiger partial charge in [-0.25, -0.2) is 0 Å². The van der Waals surface area contributed by atoms with Crippen LogP contribution >= 0.6 is 0 Å². The summed E-state index contributed by atoms with van der Waals surface area (Å²) in [6, 6.07) is -0.673. The van der Waals surface area contributed by atoms with E-state index in [1.807, 2.05) is 13.0 Å². The summed E-state index contributed by atoms with van der Waals surface area (Å²) in [7, 11) is 0. The molecule has 0 amide bonds. The predicted molar refractivity (Wildman–Crippen MR) is 184 cm³/mol. The minimum absolute atomic E-state index is 0.0754. The van der Waals surface area contributed by atoms with Gasteiger partial charge in [0, 0.05) is 18.0 Å². The highest BCUT2D eigenvalue weighted by Gasteiger charge is 2.56. The number of esters is 4. The molecule has 0 saturated carbocycles. The molecule has 7 atom stereocenters. The molecule has 0 radical (unpaired) electrons. The van der Waals surface area contributed by atoms with Crippen LogP contribution in [0.15, 0.2) is 11.6 Å². The van der Waals surface area contributed by atoms with E-state index in [1.54, 1.807) is 88.1 Å². The zero-order valence-corrected chi connectivity index (χ0v) is 32.5. The van der Waals surface area contributed by atoms with Crippen LogP contribution in [0.4, 0.5) is 0 Å². The maximum atomic E-state index is 13.6. The molecule has 284 valence electrons. The summed E-state index contributed by atoms with van der Waals surface area (Å²) in [5, 5.41) is 1.78. The quantitative estimate of drug-likeness (QED) is 0.204. The number of hydroxylamine groups is 2. The van der Waals surface area contributed by atoms with Crippen molar-refractivity contribution in [1.29, 1.82) is 0 Å². The molecular formula is C38H61NO11. The molecule has 0 bridgehead atoms. The fourth-order valence-electron chi connectivity index (χ4n) is 5.72. The zero-order chi connectivity index (χ0) is 38.0. The van der Waals surface area contributed by atoms with Gasteiger partial charge in [0.25, 0.3) is 0 Å². The van der Waals surface area contributed by atoms with Crippen LogP contribution in [-0.2, 0) is 52.5 Å². The number of Topliss-reactive ketones (excluding diaryl/α,β-unsaturated/α-hetero) is 1. The Balaban J connectivity index is 2.21. The Morgan fingerprint density at radius 2 is 1.26 bits per heavy atom. The van der Waals surface area contributed by atoms with Crippen LogP contribution in [0.5, 0.6) is 0 Å². The van der Waals surface area contributed by atoms with Gasteiger partial charge >= 0.3 is 23.9 Å². The van der Waals surface area contributed by atoms with Crippen molar-refractivity contribution >= 4 is 29.7 Å². The van der Waals surface area contributed by atoms with Gasteiger partial charge in [0.1, 0.15) is 12.7 Å². The smallest absolute Gasteiger partial charge is 0.311 e. The van der Waals surface area contributed by atoms with Crippen LogP contribution in [0.25, 0.3) is 0 Å². The van der Waals surface area contributed by atoms with Gasteiger partial charge in [-0.15, -0.1) is 0 Å². The lowest BCUT2D eigenvalue weighted by atomic mass is 9.83. The monoisotopic (exact) mass is 707 g/mol. The minimum Gasteiger partial charge on any atom is -0.462 e.